The lowest BCUT2D eigenvalue weighted by atomic mass is 9.99. The zero-order valence-corrected chi connectivity index (χ0v) is 18.3. The molecule has 0 amide bonds. The maximum absolute atomic E-state index is 12.8. The SMILES string of the molecule is COC1(OC)C=C/C(=N\S(=O)(=O)c2ccc(C)cc2)C(C#Cc2ccc(Cl)cc2)=C1. The molecule has 1 aliphatic rings. The van der Waals surface area contributed by atoms with Crippen molar-refractivity contribution in [2.24, 2.45) is 4.40 Å². The van der Waals surface area contributed by atoms with Crippen LogP contribution >= 0.6 is 11.6 Å². The summed E-state index contributed by atoms with van der Waals surface area (Å²) in [5.41, 5.74) is 2.24. The number of benzene rings is 2. The summed E-state index contributed by atoms with van der Waals surface area (Å²) in [6.07, 6.45) is 4.72. The monoisotopic (exact) mass is 441 g/mol. The second kappa shape index (κ2) is 8.99. The van der Waals surface area contributed by atoms with Crippen molar-refractivity contribution < 1.29 is 17.9 Å². The van der Waals surface area contributed by atoms with Gasteiger partial charge < -0.3 is 9.47 Å². The second-order valence-electron chi connectivity index (χ2n) is 6.54. The highest BCUT2D eigenvalue weighted by atomic mass is 35.5. The molecule has 0 saturated carbocycles. The maximum Gasteiger partial charge on any atom is 0.282 e. The van der Waals surface area contributed by atoms with Crippen molar-refractivity contribution in [1.82, 2.24) is 0 Å². The molecule has 0 fully saturated rings. The van der Waals surface area contributed by atoms with Crippen molar-refractivity contribution in [3.05, 3.63) is 88.5 Å². The topological polar surface area (TPSA) is 65.0 Å². The van der Waals surface area contributed by atoms with Gasteiger partial charge in [0.1, 0.15) is 0 Å². The number of ether oxygens (including phenoxy) is 2. The summed E-state index contributed by atoms with van der Waals surface area (Å²) in [6.45, 7) is 1.88. The van der Waals surface area contributed by atoms with Crippen LogP contribution < -0.4 is 0 Å². The highest BCUT2D eigenvalue weighted by Gasteiger charge is 2.29. The van der Waals surface area contributed by atoms with Crippen LogP contribution in [0, 0.1) is 18.8 Å². The Bertz CT molecular complexity index is 1180. The highest BCUT2D eigenvalue weighted by Crippen LogP contribution is 2.25. The van der Waals surface area contributed by atoms with Gasteiger partial charge in [-0.25, -0.2) is 0 Å². The number of methoxy groups -OCH3 is 2. The molecule has 0 atom stereocenters. The molecule has 2 aromatic rings. The third-order valence-corrected chi connectivity index (χ3v) is 6.01. The number of aryl methyl sites for hydroxylation is 1. The Morgan fingerprint density at radius 1 is 0.967 bits per heavy atom. The number of nitrogens with zero attached hydrogens (tertiary/aromatic N) is 1. The minimum atomic E-state index is -3.92. The molecule has 1 aliphatic carbocycles. The van der Waals surface area contributed by atoms with E-state index in [2.05, 4.69) is 16.2 Å². The summed E-state index contributed by atoms with van der Waals surface area (Å²) in [7, 11) is -0.948. The molecule has 0 N–H and O–H groups in total. The van der Waals surface area contributed by atoms with Gasteiger partial charge in [-0.3, -0.25) is 0 Å². The third-order valence-electron chi connectivity index (χ3n) is 4.46. The van der Waals surface area contributed by atoms with Crippen molar-refractivity contribution in [3.8, 4) is 11.8 Å². The molecule has 0 unspecified atom stereocenters. The third kappa shape index (κ3) is 5.07. The molecule has 0 spiro atoms. The predicted octanol–water partition coefficient (Wildman–Crippen LogP) is 4.32. The van der Waals surface area contributed by atoms with E-state index in [9.17, 15) is 8.42 Å². The summed E-state index contributed by atoms with van der Waals surface area (Å²) in [5, 5.41) is 0.601. The zero-order valence-electron chi connectivity index (χ0n) is 16.7. The average Bonchev–Trinajstić information content (AvgIpc) is 2.74. The van der Waals surface area contributed by atoms with Crippen molar-refractivity contribution in [2.45, 2.75) is 17.6 Å². The van der Waals surface area contributed by atoms with E-state index in [1.807, 2.05) is 6.92 Å². The Kier molecular flexibility index (Phi) is 6.59. The number of hydrogen-bond acceptors (Lipinski definition) is 4. The van der Waals surface area contributed by atoms with Crippen LogP contribution in [0.25, 0.3) is 0 Å². The Labute approximate surface area is 181 Å². The molecule has 30 heavy (non-hydrogen) atoms. The fourth-order valence-corrected chi connectivity index (χ4v) is 3.82. The van der Waals surface area contributed by atoms with E-state index < -0.39 is 15.8 Å². The molecule has 0 aliphatic heterocycles. The Hall–Kier alpha value is -2.69. The van der Waals surface area contributed by atoms with Crippen LogP contribution in [-0.2, 0) is 19.5 Å². The molecule has 0 heterocycles. The molecular formula is C23H20ClNO4S. The maximum atomic E-state index is 12.8. The predicted molar refractivity (Wildman–Crippen MR) is 118 cm³/mol. The van der Waals surface area contributed by atoms with Crippen LogP contribution in [0.1, 0.15) is 11.1 Å². The average molecular weight is 442 g/mol. The van der Waals surface area contributed by atoms with Crippen molar-refractivity contribution in [1.29, 1.82) is 0 Å². The van der Waals surface area contributed by atoms with Crippen LogP contribution in [-0.4, -0.2) is 34.1 Å². The Morgan fingerprint density at radius 3 is 2.20 bits per heavy atom. The van der Waals surface area contributed by atoms with Gasteiger partial charge in [0.15, 0.2) is 0 Å². The van der Waals surface area contributed by atoms with Gasteiger partial charge in [0.25, 0.3) is 10.0 Å². The minimum Gasteiger partial charge on any atom is -0.346 e. The van der Waals surface area contributed by atoms with Gasteiger partial charge in [-0.1, -0.05) is 41.1 Å². The lowest BCUT2D eigenvalue weighted by molar-refractivity contribution is -0.133. The van der Waals surface area contributed by atoms with E-state index in [1.54, 1.807) is 48.6 Å². The molecule has 0 aromatic heterocycles. The Morgan fingerprint density at radius 2 is 1.60 bits per heavy atom. The van der Waals surface area contributed by atoms with Crippen LogP contribution in [0.3, 0.4) is 0 Å². The van der Waals surface area contributed by atoms with E-state index >= 15 is 0 Å². The minimum absolute atomic E-state index is 0.106. The van der Waals surface area contributed by atoms with Gasteiger partial charge >= 0.3 is 0 Å². The standard InChI is InChI=1S/C23H20ClNO4S/c1-17-4-12-21(13-5-17)30(26,27)25-22-14-15-23(28-2,29-3)16-19(22)9-6-18-7-10-20(24)11-8-18/h4-5,7-8,10-16H,1-3H3/b25-22+. The molecule has 3 rings (SSSR count). The number of hydrogen-bond donors (Lipinski definition) is 0. The fraction of sp³-hybridized carbons (Fsp3) is 0.174. The molecular weight excluding hydrogens is 422 g/mol. The number of sulfonamides is 1. The smallest absolute Gasteiger partial charge is 0.282 e. The first-order chi connectivity index (χ1) is 14.3. The summed E-state index contributed by atoms with van der Waals surface area (Å²) in [6, 6.07) is 13.5. The summed E-state index contributed by atoms with van der Waals surface area (Å²) in [4.78, 5) is 0.106. The molecule has 2 aromatic carbocycles. The lowest BCUT2D eigenvalue weighted by Gasteiger charge is -2.27. The first-order valence-corrected chi connectivity index (χ1v) is 10.8. The van der Waals surface area contributed by atoms with Gasteiger partial charge in [0.05, 0.1) is 16.2 Å². The first-order valence-electron chi connectivity index (χ1n) is 8.99. The van der Waals surface area contributed by atoms with Crippen LogP contribution in [0.4, 0.5) is 0 Å². The van der Waals surface area contributed by atoms with E-state index in [0.717, 1.165) is 11.1 Å². The normalized spacial score (nSPS) is 16.7. The summed E-state index contributed by atoms with van der Waals surface area (Å²) < 4.78 is 40.5. The molecule has 0 saturated heterocycles. The van der Waals surface area contributed by atoms with E-state index in [0.29, 0.717) is 10.6 Å². The Balaban J connectivity index is 2.06. The number of allylic oxidation sites excluding steroid dienone is 2. The van der Waals surface area contributed by atoms with Gasteiger partial charge in [0.2, 0.25) is 5.79 Å². The van der Waals surface area contributed by atoms with Crippen LogP contribution in [0.5, 0.6) is 0 Å². The van der Waals surface area contributed by atoms with Crippen molar-refractivity contribution in [2.75, 3.05) is 14.2 Å². The van der Waals surface area contributed by atoms with Gasteiger partial charge in [-0.15, -0.1) is 0 Å². The van der Waals surface area contributed by atoms with Gasteiger partial charge in [-0.05, 0) is 61.5 Å². The van der Waals surface area contributed by atoms with Gasteiger partial charge in [-0.2, -0.15) is 12.8 Å². The molecule has 0 radical (unpaired) electrons. The van der Waals surface area contributed by atoms with E-state index in [4.69, 9.17) is 21.1 Å². The number of rotatable bonds is 4. The van der Waals surface area contributed by atoms with E-state index in [-0.39, 0.29) is 10.6 Å². The molecule has 5 nitrogen and oxygen atoms in total. The van der Waals surface area contributed by atoms with Crippen molar-refractivity contribution in [3.63, 3.8) is 0 Å². The zero-order chi connectivity index (χ0) is 21.8. The molecule has 0 bridgehead atoms. The van der Waals surface area contributed by atoms with E-state index in [1.165, 1.54) is 32.4 Å². The number of halogens is 1. The van der Waals surface area contributed by atoms with Crippen molar-refractivity contribution >= 4 is 27.3 Å². The fourth-order valence-electron chi connectivity index (χ4n) is 2.69. The summed E-state index contributed by atoms with van der Waals surface area (Å²) in [5.74, 6) is 4.81. The van der Waals surface area contributed by atoms with Crippen LogP contribution in [0.15, 0.2) is 81.6 Å². The first kappa shape index (κ1) is 22.0. The highest BCUT2D eigenvalue weighted by molar-refractivity contribution is 7.90. The van der Waals surface area contributed by atoms with Gasteiger partial charge in [0, 0.05) is 24.8 Å². The lowest BCUT2D eigenvalue weighted by Crippen LogP contribution is -2.32. The van der Waals surface area contributed by atoms with Crippen LogP contribution in [0.2, 0.25) is 5.02 Å². The largest absolute Gasteiger partial charge is 0.346 e. The molecule has 7 heteroatoms. The molecule has 154 valence electrons. The second-order valence-corrected chi connectivity index (χ2v) is 8.58. The quantitative estimate of drug-likeness (QED) is 0.523. The summed E-state index contributed by atoms with van der Waals surface area (Å²) >= 11 is 5.91.